The molecule has 0 unspecified atom stereocenters. The predicted molar refractivity (Wildman–Crippen MR) is 128 cm³/mol. The Morgan fingerprint density at radius 1 is 0.556 bits per heavy atom. The molecule has 0 aliphatic rings. The van der Waals surface area contributed by atoms with E-state index in [1.807, 2.05) is 12.1 Å². The Hall–Kier alpha value is -0.120. The van der Waals surface area contributed by atoms with Crippen LogP contribution in [-0.4, -0.2) is 25.7 Å². The van der Waals surface area contributed by atoms with Gasteiger partial charge >= 0.3 is 0 Å². The molecule has 0 saturated heterocycles. The molecule has 3 heteroatoms. The lowest BCUT2D eigenvalue weighted by molar-refractivity contribution is 0.474. The first-order valence-corrected chi connectivity index (χ1v) is 13.2. The van der Waals surface area contributed by atoms with Crippen molar-refractivity contribution in [3.8, 4) is 5.75 Å². The van der Waals surface area contributed by atoms with E-state index in [4.69, 9.17) is 0 Å². The minimum Gasteiger partial charge on any atom is -0.508 e. The lowest BCUT2D eigenvalue weighted by Crippen LogP contribution is -2.26. The van der Waals surface area contributed by atoms with Gasteiger partial charge in [0, 0.05) is 0 Å². The van der Waals surface area contributed by atoms with Crippen molar-refractivity contribution in [1.29, 1.82) is 0 Å². The van der Waals surface area contributed by atoms with Crippen molar-refractivity contribution < 1.29 is 5.11 Å². The molecule has 1 aromatic carbocycles. The zero-order chi connectivity index (χ0) is 21.4. The highest BCUT2D eigenvalue weighted by Gasteiger charge is 2.35. The minimum absolute atomic E-state index is 0.215. The smallest absolute Gasteiger partial charge is 0.116 e. The van der Waals surface area contributed by atoms with Gasteiger partial charge in [0.1, 0.15) is 5.75 Å². The summed E-state index contributed by atoms with van der Waals surface area (Å²) in [5.41, 5.74) is 2.61. The van der Waals surface area contributed by atoms with Crippen LogP contribution in [0.4, 0.5) is 0 Å². The van der Waals surface area contributed by atoms with Crippen LogP contribution in [0.1, 0.15) is 94.2 Å². The van der Waals surface area contributed by atoms with Crippen LogP contribution < -0.4 is 0 Å². The molecule has 0 aliphatic heterocycles. The molecule has 0 radical (unpaired) electrons. The quantitative estimate of drug-likeness (QED) is 0.493. The summed E-state index contributed by atoms with van der Waals surface area (Å²) >= 11 is 0. The highest BCUT2D eigenvalue weighted by atomic mass is 31.1. The average Bonchev–Trinajstić information content (AvgIpc) is 2.36. The van der Waals surface area contributed by atoms with Crippen LogP contribution in [-0.2, 0) is 12.3 Å². The normalized spacial score (nSPS) is 14.3. The Morgan fingerprint density at radius 2 is 0.815 bits per heavy atom. The summed E-state index contributed by atoms with van der Waals surface area (Å²) in [5.74, 6) is 0.429. The van der Waals surface area contributed by atoms with Crippen LogP contribution in [0, 0.1) is 0 Å². The molecule has 1 rings (SSSR count). The topological polar surface area (TPSA) is 20.2 Å². The zero-order valence-electron chi connectivity index (χ0n) is 20.0. The maximum absolute atomic E-state index is 10.4. The van der Waals surface area contributed by atoms with E-state index in [0.717, 1.165) is 12.3 Å². The van der Waals surface area contributed by atoms with Gasteiger partial charge in [-0.2, -0.15) is 0 Å². The van der Waals surface area contributed by atoms with E-state index in [0.29, 0.717) is 26.4 Å². The molecular formula is C24H44OP2. The molecule has 0 saturated carbocycles. The first-order valence-electron chi connectivity index (χ1n) is 10.2. The average molecular weight is 411 g/mol. The van der Waals surface area contributed by atoms with E-state index in [1.165, 1.54) is 11.1 Å². The van der Waals surface area contributed by atoms with Gasteiger partial charge in [0.2, 0.25) is 0 Å². The molecule has 27 heavy (non-hydrogen) atoms. The molecule has 1 aromatic rings. The van der Waals surface area contributed by atoms with Crippen molar-refractivity contribution in [1.82, 2.24) is 0 Å². The second kappa shape index (κ2) is 8.32. The van der Waals surface area contributed by atoms with E-state index in [9.17, 15) is 5.11 Å². The third kappa shape index (κ3) is 7.66. The summed E-state index contributed by atoms with van der Waals surface area (Å²) < 4.78 is 0. The Morgan fingerprint density at radius 3 is 1.04 bits per heavy atom. The van der Waals surface area contributed by atoms with Crippen LogP contribution in [0.5, 0.6) is 5.75 Å². The SMILES string of the molecule is CC(C)(C)P(Cc1cc(O)cc(CP(C(C)(C)C)C(C)(C)C)c1)C(C)(C)C. The second-order valence-electron chi connectivity index (χ2n) is 11.9. The van der Waals surface area contributed by atoms with E-state index in [1.54, 1.807) is 0 Å². The van der Waals surface area contributed by atoms with E-state index < -0.39 is 0 Å². The fourth-order valence-corrected chi connectivity index (χ4v) is 11.3. The number of hydrogen-bond acceptors (Lipinski definition) is 1. The highest BCUT2D eigenvalue weighted by molar-refractivity contribution is 7.60. The number of hydrogen-bond donors (Lipinski definition) is 1. The van der Waals surface area contributed by atoms with Gasteiger partial charge in [0.05, 0.1) is 0 Å². The third-order valence-electron chi connectivity index (χ3n) is 4.96. The standard InChI is InChI=1S/C24H44OP2/c1-21(2,3)26(22(4,5)6)16-18-13-19(15-20(25)14-18)17-27(23(7,8)9)24(10,11)12/h13-15,25H,16-17H2,1-12H3. The van der Waals surface area contributed by atoms with Crippen molar-refractivity contribution in [2.75, 3.05) is 0 Å². The fraction of sp³-hybridized carbons (Fsp3) is 0.750. The van der Waals surface area contributed by atoms with Gasteiger partial charge in [0.25, 0.3) is 0 Å². The molecule has 0 fully saturated rings. The number of benzene rings is 1. The van der Waals surface area contributed by atoms with Crippen LogP contribution in [0.3, 0.4) is 0 Å². The van der Waals surface area contributed by atoms with Crippen LogP contribution in [0.2, 0.25) is 0 Å². The lowest BCUT2D eigenvalue weighted by Gasteiger charge is -2.42. The summed E-state index contributed by atoms with van der Waals surface area (Å²) in [5, 5.41) is 11.6. The monoisotopic (exact) mass is 410 g/mol. The zero-order valence-corrected chi connectivity index (χ0v) is 21.8. The van der Waals surface area contributed by atoms with Crippen molar-refractivity contribution in [2.24, 2.45) is 0 Å². The molecule has 0 aromatic heterocycles. The fourth-order valence-electron chi connectivity index (χ4n) is 4.25. The van der Waals surface area contributed by atoms with E-state index >= 15 is 0 Å². The van der Waals surface area contributed by atoms with Crippen molar-refractivity contribution in [2.45, 2.75) is 116 Å². The Balaban J connectivity index is 3.24. The minimum atomic E-state index is -0.215. The van der Waals surface area contributed by atoms with E-state index in [-0.39, 0.29) is 15.8 Å². The third-order valence-corrected chi connectivity index (χ3v) is 12.8. The van der Waals surface area contributed by atoms with Crippen LogP contribution in [0.15, 0.2) is 18.2 Å². The van der Waals surface area contributed by atoms with Crippen LogP contribution in [0.25, 0.3) is 0 Å². The first-order chi connectivity index (χ1) is 11.8. The largest absolute Gasteiger partial charge is 0.508 e. The molecule has 156 valence electrons. The summed E-state index contributed by atoms with van der Waals surface area (Å²) in [7, 11) is -0.430. The van der Waals surface area contributed by atoms with Gasteiger partial charge in [-0.05, 0) is 56.2 Å². The highest BCUT2D eigenvalue weighted by Crippen LogP contribution is 2.63. The predicted octanol–water partition coefficient (Wildman–Crippen LogP) is 8.55. The van der Waals surface area contributed by atoms with Gasteiger partial charge in [0.15, 0.2) is 0 Å². The molecule has 0 heterocycles. The van der Waals surface area contributed by atoms with Crippen molar-refractivity contribution in [3.63, 3.8) is 0 Å². The summed E-state index contributed by atoms with van der Waals surface area (Å²) in [6.45, 7) is 28.4. The van der Waals surface area contributed by atoms with Gasteiger partial charge in [-0.3, -0.25) is 0 Å². The number of phenolic OH excluding ortho intramolecular Hbond substituents is 1. The van der Waals surface area contributed by atoms with Crippen molar-refractivity contribution >= 4 is 15.8 Å². The summed E-state index contributed by atoms with van der Waals surface area (Å²) in [6.07, 6.45) is 2.15. The van der Waals surface area contributed by atoms with Gasteiger partial charge in [-0.1, -0.05) is 105 Å². The molecule has 0 aliphatic carbocycles. The van der Waals surface area contributed by atoms with Crippen LogP contribution >= 0.6 is 15.8 Å². The summed E-state index contributed by atoms with van der Waals surface area (Å²) in [6, 6.07) is 6.36. The summed E-state index contributed by atoms with van der Waals surface area (Å²) in [4.78, 5) is 0. The molecule has 0 spiro atoms. The maximum atomic E-state index is 10.4. The molecule has 0 bridgehead atoms. The Bertz CT molecular complexity index is 541. The molecule has 1 N–H and O–H groups in total. The Labute approximate surface area is 172 Å². The second-order valence-corrected chi connectivity index (χ2v) is 19.6. The first kappa shape index (κ1) is 24.9. The van der Waals surface area contributed by atoms with Gasteiger partial charge < -0.3 is 5.11 Å². The molecule has 0 amide bonds. The van der Waals surface area contributed by atoms with Crippen molar-refractivity contribution in [3.05, 3.63) is 29.3 Å². The molecule has 1 nitrogen and oxygen atoms in total. The number of phenols is 1. The van der Waals surface area contributed by atoms with Gasteiger partial charge in [-0.25, -0.2) is 0 Å². The lowest BCUT2D eigenvalue weighted by atomic mass is 10.1. The van der Waals surface area contributed by atoms with Gasteiger partial charge in [-0.15, -0.1) is 0 Å². The molecule has 0 atom stereocenters. The van der Waals surface area contributed by atoms with E-state index in [2.05, 4.69) is 89.2 Å². The maximum Gasteiger partial charge on any atom is 0.116 e. The molecular weight excluding hydrogens is 366 g/mol. The Kier molecular flexibility index (Phi) is 7.68. The number of rotatable bonds is 4. The number of aromatic hydroxyl groups is 1.